The predicted molar refractivity (Wildman–Crippen MR) is 325 cm³/mol. The van der Waals surface area contributed by atoms with Crippen molar-refractivity contribution in [3.05, 3.63) is 11.6 Å². The zero-order valence-corrected chi connectivity index (χ0v) is 55.2. The van der Waals surface area contributed by atoms with E-state index >= 15 is 0 Å². The molecule has 0 aromatic rings. The summed E-state index contributed by atoms with van der Waals surface area (Å²) >= 11 is 15.1. The third-order valence-corrected chi connectivity index (χ3v) is 23.5. The average molecular weight is 1260 g/mol. The highest BCUT2D eigenvalue weighted by molar-refractivity contribution is 8.07. The molecule has 0 spiro atoms. The van der Waals surface area contributed by atoms with Crippen LogP contribution in [0.5, 0.6) is 0 Å². The highest BCUT2D eigenvalue weighted by atomic mass is 32.5. The van der Waals surface area contributed by atoms with E-state index in [2.05, 4.69) is 45.2 Å². The highest BCUT2D eigenvalue weighted by Gasteiger charge is 2.59. The lowest BCUT2D eigenvalue weighted by Crippen LogP contribution is -2.51. The lowest BCUT2D eigenvalue weighted by Gasteiger charge is -2.58. The van der Waals surface area contributed by atoms with Gasteiger partial charge in [-0.2, -0.15) is 0 Å². The molecule has 5 aliphatic rings. The first kappa shape index (κ1) is 71.8. The molecule has 81 heavy (non-hydrogen) atoms. The van der Waals surface area contributed by atoms with Crippen LogP contribution in [0.3, 0.4) is 0 Å². The van der Waals surface area contributed by atoms with Gasteiger partial charge in [-0.3, -0.25) is 9.59 Å². The largest absolute Gasteiger partial charge is 0.462 e. The minimum absolute atomic E-state index is 0.00327. The lowest BCUT2D eigenvalue weighted by atomic mass is 9.47. The molecule has 0 aromatic carbocycles. The Hall–Kier alpha value is 0.0700. The molecule has 1 amide bonds. The van der Waals surface area contributed by atoms with Crippen LogP contribution in [0.4, 0.5) is 0 Å². The summed E-state index contributed by atoms with van der Waals surface area (Å²) in [4.78, 5) is 59.0. The number of piperidine rings is 1. The molecule has 1 heterocycles. The Morgan fingerprint density at radius 2 is 1.16 bits per heavy atom. The molecule has 4 aliphatic carbocycles. The molecule has 8 unspecified atom stereocenters. The molecule has 3 saturated carbocycles. The number of allylic oxidation sites excluding steroid dienone is 1. The normalized spacial score (nSPS) is 28.0. The van der Waals surface area contributed by atoms with Gasteiger partial charge in [-0.15, -0.1) is 0 Å². The van der Waals surface area contributed by atoms with Crippen LogP contribution in [0.25, 0.3) is 0 Å². The summed E-state index contributed by atoms with van der Waals surface area (Å²) in [6.45, 7) is 6.89. The van der Waals surface area contributed by atoms with E-state index in [0.29, 0.717) is 97.0 Å². The van der Waals surface area contributed by atoms with Crippen LogP contribution < -0.4 is 0 Å². The molecule has 4 fully saturated rings. The summed E-state index contributed by atoms with van der Waals surface area (Å²) in [5.41, 5.74) is 2.27. The number of unbranched alkanes of at least 4 members (excludes halogenated alkanes) is 3. The van der Waals surface area contributed by atoms with Gasteiger partial charge < -0.3 is 75.1 Å². The number of likely N-dealkylation sites (tertiary alicyclic amines) is 1. The molecule has 24 heteroatoms. The number of hydrogen-bond donors (Lipinski definition) is 3. The molecule has 0 bridgehead atoms. The van der Waals surface area contributed by atoms with Crippen molar-refractivity contribution in [1.29, 1.82) is 0 Å². The van der Waals surface area contributed by atoms with Crippen molar-refractivity contribution in [2.45, 2.75) is 163 Å². The van der Waals surface area contributed by atoms with E-state index < -0.39 is 20.2 Å². The van der Waals surface area contributed by atoms with Gasteiger partial charge in [0.05, 0.1) is 92.5 Å². The maximum absolute atomic E-state index is 13.3. The minimum atomic E-state index is -3.64. The van der Waals surface area contributed by atoms with E-state index in [-0.39, 0.29) is 74.9 Å². The van der Waals surface area contributed by atoms with E-state index in [9.17, 15) is 24.3 Å². The number of amides is 1. The summed E-state index contributed by atoms with van der Waals surface area (Å²) in [5, 5.41) is 0. The summed E-state index contributed by atoms with van der Waals surface area (Å²) < 4.78 is 65.1. The van der Waals surface area contributed by atoms with Gasteiger partial charge in [0.2, 0.25) is 5.91 Å². The highest BCUT2D eigenvalue weighted by Crippen LogP contribution is 2.67. The predicted octanol–water partition coefficient (Wildman–Crippen LogP) is 11.2. The number of esters is 1. The minimum Gasteiger partial charge on any atom is -0.462 e. The maximum Gasteiger partial charge on any atom is 0.324 e. The fourth-order valence-corrected chi connectivity index (χ4v) is 16.4. The Morgan fingerprint density at radius 1 is 0.630 bits per heavy atom. The number of rotatable bonds is 42. The maximum atomic E-state index is 13.3. The number of carbonyl (C=O) groups excluding carboxylic acids is 2. The van der Waals surface area contributed by atoms with Gasteiger partial charge in [0.15, 0.2) is 0 Å². The molecule has 5 rings (SSSR count). The monoisotopic (exact) mass is 1260 g/mol. The van der Waals surface area contributed by atoms with Crippen molar-refractivity contribution in [3.8, 4) is 0 Å². The average Bonchev–Trinajstić information content (AvgIpc) is 4.10. The van der Waals surface area contributed by atoms with Gasteiger partial charge in [0.25, 0.3) is 0 Å². The van der Waals surface area contributed by atoms with Crippen LogP contribution in [-0.4, -0.2) is 157 Å². The van der Waals surface area contributed by atoms with Gasteiger partial charge in [-0.05, 0) is 158 Å². The molecule has 472 valence electrons. The molecule has 12 atom stereocenters. The Bertz CT molecular complexity index is 2040. The van der Waals surface area contributed by atoms with Crippen molar-refractivity contribution >= 4 is 67.5 Å². The van der Waals surface area contributed by atoms with Gasteiger partial charge in [-0.25, -0.2) is 0 Å². The van der Waals surface area contributed by atoms with E-state index in [1.165, 1.54) is 65.6 Å². The van der Waals surface area contributed by atoms with E-state index in [1.54, 1.807) is 5.57 Å². The van der Waals surface area contributed by atoms with Gasteiger partial charge in [0, 0.05) is 52.5 Å². The quantitative estimate of drug-likeness (QED) is 0.0225. The number of nitrogens with zero attached hydrogens (tertiary/aromatic N) is 1. The molecule has 1 aliphatic heterocycles. The standard InChI is InChI=1S/C57H104NO17P3S3/c1-44(2)13-12-14-45(3)51-19-20-52-50-18-17-48-41-49(21-25-56(48,4)53(50)22-26-57(51,52)5)75-55(60)16-11-9-8-10-15-54(59)58-27-23-46(24-28-58)47(42-73-77(62,80)65-7)43-74-78(63,81)72-40-38-70-36-34-68-32-30-66-29-31-67-33-35-69-37-39-71-76(61,79)64-6/h17,44-47,49-53H,8-16,18-43H2,1-7H3,(H,61,79)(H,62,80)(H,63,81)/t45-,47?,49+,50?,51?,52?,53?,56+,57-,76?,77?,78?/m1/s1. The molecule has 0 radical (unpaired) electrons. The molecule has 0 aromatic heterocycles. The van der Waals surface area contributed by atoms with Crippen molar-refractivity contribution in [2.24, 2.45) is 58.2 Å². The molecular weight excluding hydrogens is 1160 g/mol. The van der Waals surface area contributed by atoms with Crippen molar-refractivity contribution in [2.75, 3.05) is 120 Å². The van der Waals surface area contributed by atoms with Crippen LogP contribution in [0.15, 0.2) is 11.6 Å². The fraction of sp³-hybridized carbons (Fsp3) is 0.930. The van der Waals surface area contributed by atoms with Crippen molar-refractivity contribution < 1.29 is 79.8 Å². The van der Waals surface area contributed by atoms with E-state index in [4.69, 9.17) is 86.5 Å². The molecule has 18 nitrogen and oxygen atoms in total. The second kappa shape index (κ2) is 36.5. The molecule has 1 saturated heterocycles. The van der Waals surface area contributed by atoms with Crippen LogP contribution >= 0.6 is 20.2 Å². The third kappa shape index (κ3) is 24.5. The van der Waals surface area contributed by atoms with Crippen LogP contribution in [-0.2, 0) is 101 Å². The van der Waals surface area contributed by atoms with Gasteiger partial charge >= 0.3 is 26.1 Å². The second-order valence-electron chi connectivity index (χ2n) is 24.1. The summed E-state index contributed by atoms with van der Waals surface area (Å²) in [5.74, 6) is 4.62. The Kier molecular flexibility index (Phi) is 32.4. The van der Waals surface area contributed by atoms with Crippen LogP contribution in [0.2, 0.25) is 0 Å². The molecule has 3 N–H and O–H groups in total. The number of fused-ring (bicyclic) bond motifs is 5. The first-order valence-corrected chi connectivity index (χ1v) is 38.1. The second-order valence-corrected chi connectivity index (χ2v) is 32.9. The smallest absolute Gasteiger partial charge is 0.324 e. The first-order chi connectivity index (χ1) is 38.6. The zero-order chi connectivity index (χ0) is 58.9. The molecular formula is C57H104NO17P3S3. The Morgan fingerprint density at radius 3 is 1.73 bits per heavy atom. The van der Waals surface area contributed by atoms with Crippen molar-refractivity contribution in [1.82, 2.24) is 4.90 Å². The topological polar surface area (TPSA) is 209 Å². The first-order valence-electron chi connectivity index (χ1n) is 30.4. The van der Waals surface area contributed by atoms with Gasteiger partial charge in [-0.1, -0.05) is 78.4 Å². The number of carbonyl (C=O) groups is 2. The summed E-state index contributed by atoms with van der Waals surface area (Å²) in [6, 6.07) is 0. The lowest BCUT2D eigenvalue weighted by molar-refractivity contribution is -0.151. The van der Waals surface area contributed by atoms with E-state index in [1.807, 2.05) is 4.90 Å². The number of hydrogen-bond acceptors (Lipinski definition) is 17. The fourth-order valence-electron chi connectivity index (χ4n) is 13.9. The number of ether oxygens (including phenoxy) is 6. The summed E-state index contributed by atoms with van der Waals surface area (Å²) in [6.07, 6.45) is 21.8. The van der Waals surface area contributed by atoms with E-state index in [0.717, 1.165) is 80.5 Å². The van der Waals surface area contributed by atoms with Crippen LogP contribution in [0, 0.1) is 58.2 Å². The zero-order valence-electron chi connectivity index (χ0n) is 50.1. The van der Waals surface area contributed by atoms with Crippen molar-refractivity contribution in [3.63, 3.8) is 0 Å². The SMILES string of the molecule is COP(O)(=S)OCCOCCOCCOCCOCCOCCOP(O)(=S)OCC(COP(O)(=S)OC)C1CCN(C(=O)CCCCCCC(=O)O[C@H]2CC[C@@]3(C)C(=CCC4C5CCC([C@H](C)CCCC(C)C)[C@@]5(C)CCC43)C2)CC1. The Labute approximate surface area is 501 Å². The van der Waals surface area contributed by atoms with Crippen LogP contribution in [0.1, 0.15) is 157 Å². The summed E-state index contributed by atoms with van der Waals surface area (Å²) in [7, 11) is 2.59. The third-order valence-electron chi connectivity index (χ3n) is 18.5. The Balaban J connectivity index is 0.889. The van der Waals surface area contributed by atoms with Gasteiger partial charge in [0.1, 0.15) is 6.10 Å².